The van der Waals surface area contributed by atoms with Gasteiger partial charge in [0.05, 0.1) is 10.7 Å². The Balaban J connectivity index is 1.89. The molecular formula is C16H16ClN3O. The topological polar surface area (TPSA) is 67.2 Å². The number of amides is 2. The van der Waals surface area contributed by atoms with Crippen LogP contribution in [-0.2, 0) is 0 Å². The van der Waals surface area contributed by atoms with Crippen molar-refractivity contribution >= 4 is 35.1 Å². The van der Waals surface area contributed by atoms with Crippen molar-refractivity contribution in [3.8, 4) is 0 Å². The van der Waals surface area contributed by atoms with Crippen LogP contribution in [0.1, 0.15) is 11.1 Å². The number of aryl methyl sites for hydroxylation is 1. The maximum absolute atomic E-state index is 11.7. The average Bonchev–Trinajstić information content (AvgIpc) is 2.45. The lowest BCUT2D eigenvalue weighted by Crippen LogP contribution is -2.23. The summed E-state index contributed by atoms with van der Waals surface area (Å²) in [6.45, 7) is 2.02. The number of nitrogen functional groups attached to an aromatic ring is 1. The first-order valence-electron chi connectivity index (χ1n) is 6.40. The van der Waals surface area contributed by atoms with Gasteiger partial charge >= 0.3 is 6.03 Å². The summed E-state index contributed by atoms with van der Waals surface area (Å²) < 4.78 is 0. The molecule has 0 aliphatic heterocycles. The van der Waals surface area contributed by atoms with E-state index in [-0.39, 0.29) is 6.03 Å². The maximum Gasteiger partial charge on any atom is 0.323 e. The quantitative estimate of drug-likeness (QED) is 0.749. The molecule has 0 bridgehead atoms. The zero-order valence-electron chi connectivity index (χ0n) is 11.6. The van der Waals surface area contributed by atoms with E-state index in [1.165, 1.54) is 5.56 Å². The lowest BCUT2D eigenvalue weighted by molar-refractivity contribution is 0.255. The van der Waals surface area contributed by atoms with E-state index in [1.54, 1.807) is 24.4 Å². The molecule has 0 unspecified atom stereocenters. The van der Waals surface area contributed by atoms with E-state index < -0.39 is 0 Å². The number of nitrogens with one attached hydrogen (secondary N) is 2. The summed E-state index contributed by atoms with van der Waals surface area (Å²) in [5.41, 5.74) is 8.86. The molecule has 0 aliphatic carbocycles. The molecule has 2 rings (SSSR count). The van der Waals surface area contributed by atoms with Crippen LogP contribution >= 0.6 is 11.6 Å². The Morgan fingerprint density at radius 1 is 1.19 bits per heavy atom. The Labute approximate surface area is 128 Å². The van der Waals surface area contributed by atoms with Crippen LogP contribution in [0.5, 0.6) is 0 Å². The van der Waals surface area contributed by atoms with Gasteiger partial charge in [0.25, 0.3) is 0 Å². The predicted octanol–water partition coefficient (Wildman–Crippen LogP) is 4.02. The fraction of sp³-hybridized carbons (Fsp3) is 0.0625. The number of hydrogen-bond acceptors (Lipinski definition) is 2. The van der Waals surface area contributed by atoms with Gasteiger partial charge in [0.2, 0.25) is 0 Å². The normalized spacial score (nSPS) is 10.6. The predicted molar refractivity (Wildman–Crippen MR) is 88.2 cm³/mol. The Hall–Kier alpha value is -2.46. The van der Waals surface area contributed by atoms with Gasteiger partial charge in [-0.05, 0) is 36.8 Å². The van der Waals surface area contributed by atoms with Crippen LogP contribution in [0, 0.1) is 6.92 Å². The fourth-order valence-electron chi connectivity index (χ4n) is 1.66. The molecular weight excluding hydrogens is 286 g/mol. The summed E-state index contributed by atoms with van der Waals surface area (Å²) in [5.74, 6) is 0. The van der Waals surface area contributed by atoms with Crippen molar-refractivity contribution in [3.63, 3.8) is 0 Å². The second-order valence-electron chi connectivity index (χ2n) is 4.58. The Morgan fingerprint density at radius 3 is 2.57 bits per heavy atom. The third-order valence-corrected chi connectivity index (χ3v) is 3.15. The Kier molecular flexibility index (Phi) is 4.85. The van der Waals surface area contributed by atoms with Crippen molar-refractivity contribution in [2.24, 2.45) is 0 Å². The molecule has 0 aliphatic rings. The highest BCUT2D eigenvalue weighted by molar-refractivity contribution is 6.33. The van der Waals surface area contributed by atoms with Gasteiger partial charge in [-0.2, -0.15) is 0 Å². The summed E-state index contributed by atoms with van der Waals surface area (Å²) in [5, 5.41) is 5.69. The van der Waals surface area contributed by atoms with E-state index in [2.05, 4.69) is 10.6 Å². The number of urea groups is 1. The fourth-order valence-corrected chi connectivity index (χ4v) is 1.84. The minimum absolute atomic E-state index is 0.348. The number of carbonyl (C=O) groups excluding carboxylic acids is 1. The Morgan fingerprint density at radius 2 is 1.90 bits per heavy atom. The average molecular weight is 302 g/mol. The smallest absolute Gasteiger partial charge is 0.323 e. The second kappa shape index (κ2) is 6.81. The van der Waals surface area contributed by atoms with Gasteiger partial charge in [-0.1, -0.05) is 41.4 Å². The summed E-state index contributed by atoms with van der Waals surface area (Å²) >= 11 is 5.88. The highest BCUT2D eigenvalue weighted by atomic mass is 35.5. The van der Waals surface area contributed by atoms with Gasteiger partial charge in [0, 0.05) is 11.9 Å². The van der Waals surface area contributed by atoms with E-state index in [9.17, 15) is 4.79 Å². The molecule has 5 heteroatoms. The molecule has 0 radical (unpaired) electrons. The molecule has 2 amide bonds. The summed E-state index contributed by atoms with van der Waals surface area (Å²) in [7, 11) is 0. The van der Waals surface area contributed by atoms with Crippen molar-refractivity contribution < 1.29 is 4.79 Å². The van der Waals surface area contributed by atoms with Crippen molar-refractivity contribution in [2.75, 3.05) is 11.1 Å². The Bertz CT molecular complexity index is 666. The van der Waals surface area contributed by atoms with Crippen molar-refractivity contribution in [1.82, 2.24) is 5.32 Å². The van der Waals surface area contributed by atoms with Crippen LogP contribution in [-0.4, -0.2) is 6.03 Å². The van der Waals surface area contributed by atoms with Crippen molar-refractivity contribution in [3.05, 3.63) is 64.8 Å². The number of halogens is 1. The lowest BCUT2D eigenvalue weighted by Gasteiger charge is -2.06. The van der Waals surface area contributed by atoms with Gasteiger partial charge in [0.15, 0.2) is 0 Å². The van der Waals surface area contributed by atoms with Crippen molar-refractivity contribution in [1.29, 1.82) is 0 Å². The van der Waals surface area contributed by atoms with E-state index >= 15 is 0 Å². The van der Waals surface area contributed by atoms with Gasteiger partial charge in [-0.15, -0.1) is 0 Å². The molecule has 0 fully saturated rings. The molecule has 0 heterocycles. The first kappa shape index (κ1) is 14.9. The minimum Gasteiger partial charge on any atom is -0.398 e. The van der Waals surface area contributed by atoms with E-state index in [0.717, 1.165) is 5.56 Å². The first-order chi connectivity index (χ1) is 10.0. The second-order valence-corrected chi connectivity index (χ2v) is 4.99. The van der Waals surface area contributed by atoms with Gasteiger partial charge < -0.3 is 16.4 Å². The van der Waals surface area contributed by atoms with Gasteiger partial charge in [0.1, 0.15) is 0 Å². The van der Waals surface area contributed by atoms with E-state index in [1.807, 2.05) is 37.3 Å². The monoisotopic (exact) mass is 301 g/mol. The number of hydrogen-bond donors (Lipinski definition) is 3. The number of carbonyl (C=O) groups is 1. The SMILES string of the molecule is Cc1ccc(/C=C/NC(=O)Nc2ccc(N)c(Cl)c2)cc1. The zero-order valence-corrected chi connectivity index (χ0v) is 12.3. The van der Waals surface area contributed by atoms with Crippen molar-refractivity contribution in [2.45, 2.75) is 6.92 Å². The summed E-state index contributed by atoms with van der Waals surface area (Å²) in [4.78, 5) is 11.7. The standard InChI is InChI=1S/C16H16ClN3O/c1-11-2-4-12(5-3-11)8-9-19-16(21)20-13-6-7-15(18)14(17)10-13/h2-10H,18H2,1H3,(H2,19,20,21)/b9-8+. The molecule has 108 valence electrons. The van der Waals surface area contributed by atoms with Gasteiger partial charge in [-0.25, -0.2) is 4.79 Å². The molecule has 0 saturated heterocycles. The summed E-state index contributed by atoms with van der Waals surface area (Å²) in [6.07, 6.45) is 3.40. The molecule has 4 nitrogen and oxygen atoms in total. The number of benzene rings is 2. The van der Waals surface area contributed by atoms with Crippen LogP contribution in [0.3, 0.4) is 0 Å². The van der Waals surface area contributed by atoms with Crippen LogP contribution in [0.2, 0.25) is 5.02 Å². The van der Waals surface area contributed by atoms with Crippen LogP contribution in [0.15, 0.2) is 48.7 Å². The molecule has 0 saturated carbocycles. The first-order valence-corrected chi connectivity index (χ1v) is 6.78. The molecule has 2 aromatic rings. The molecule has 0 aromatic heterocycles. The third kappa shape index (κ3) is 4.54. The van der Waals surface area contributed by atoms with Gasteiger partial charge in [-0.3, -0.25) is 0 Å². The largest absolute Gasteiger partial charge is 0.398 e. The van der Waals surface area contributed by atoms with Crippen LogP contribution < -0.4 is 16.4 Å². The number of rotatable bonds is 3. The molecule has 0 spiro atoms. The maximum atomic E-state index is 11.7. The number of anilines is 2. The highest BCUT2D eigenvalue weighted by Gasteiger charge is 2.01. The third-order valence-electron chi connectivity index (χ3n) is 2.83. The van der Waals surface area contributed by atoms with Crippen LogP contribution in [0.25, 0.3) is 6.08 Å². The lowest BCUT2D eigenvalue weighted by atomic mass is 10.1. The van der Waals surface area contributed by atoms with E-state index in [0.29, 0.717) is 16.4 Å². The zero-order chi connectivity index (χ0) is 15.2. The van der Waals surface area contributed by atoms with Crippen LogP contribution in [0.4, 0.5) is 16.2 Å². The highest BCUT2D eigenvalue weighted by Crippen LogP contribution is 2.22. The molecule has 2 aromatic carbocycles. The minimum atomic E-state index is -0.348. The molecule has 4 N–H and O–H groups in total. The number of nitrogens with two attached hydrogens (primary N) is 1. The molecule has 0 atom stereocenters. The van der Waals surface area contributed by atoms with E-state index in [4.69, 9.17) is 17.3 Å². The summed E-state index contributed by atoms with van der Waals surface area (Å²) in [6, 6.07) is 12.5. The molecule has 21 heavy (non-hydrogen) atoms.